The molecular formula is C28H23N3O6. The van der Waals surface area contributed by atoms with Gasteiger partial charge in [0.15, 0.2) is 6.61 Å². The number of Topliss-reactive ketones (excluding diaryl/α,β-unsaturated/α-hetero) is 1. The largest absolute Gasteiger partial charge is 0.464 e. The molecule has 0 aliphatic heterocycles. The highest BCUT2D eigenvalue weighted by Crippen LogP contribution is 2.30. The van der Waals surface area contributed by atoms with Crippen molar-refractivity contribution in [2.24, 2.45) is 7.05 Å². The van der Waals surface area contributed by atoms with Gasteiger partial charge in [0.2, 0.25) is 5.78 Å². The molecule has 0 spiro atoms. The fourth-order valence-electron chi connectivity index (χ4n) is 4.39. The average Bonchev–Trinajstić information content (AvgIpc) is 3.32. The number of aromatic nitrogens is 2. The van der Waals surface area contributed by atoms with Crippen molar-refractivity contribution in [1.82, 2.24) is 9.13 Å². The summed E-state index contributed by atoms with van der Waals surface area (Å²) in [6.45, 7) is -0.625. The Bertz CT molecular complexity index is 1780. The van der Waals surface area contributed by atoms with Crippen LogP contribution in [0, 0.1) is 0 Å². The minimum atomic E-state index is -0.847. The molecule has 9 nitrogen and oxygen atoms in total. The van der Waals surface area contributed by atoms with E-state index in [0.29, 0.717) is 11.1 Å². The summed E-state index contributed by atoms with van der Waals surface area (Å²) in [5.74, 6) is -1.74. The second kappa shape index (κ2) is 9.62. The number of fused-ring (bicyclic) bond motifs is 3. The summed E-state index contributed by atoms with van der Waals surface area (Å²) in [6, 6.07) is 20.5. The van der Waals surface area contributed by atoms with Gasteiger partial charge in [-0.1, -0.05) is 60.7 Å². The second-order valence-corrected chi connectivity index (χ2v) is 8.66. The summed E-state index contributed by atoms with van der Waals surface area (Å²) in [4.78, 5) is 51.0. The third-order valence-corrected chi connectivity index (χ3v) is 6.28. The second-order valence-electron chi connectivity index (χ2n) is 8.66. The molecular weight excluding hydrogens is 474 g/mol. The zero-order valence-corrected chi connectivity index (χ0v) is 20.0. The molecule has 37 heavy (non-hydrogen) atoms. The summed E-state index contributed by atoms with van der Waals surface area (Å²) in [6.07, 6.45) is 1.36. The number of hydrogen-bond donors (Lipinski definition) is 1. The van der Waals surface area contributed by atoms with Crippen LogP contribution in [0.2, 0.25) is 0 Å². The van der Waals surface area contributed by atoms with Crippen LogP contribution in [0.5, 0.6) is 0 Å². The number of rotatable bonds is 7. The number of nitrogens with zero attached hydrogens (tertiary/aromatic N) is 2. The van der Waals surface area contributed by atoms with Gasteiger partial charge in [0.05, 0.1) is 19.2 Å². The van der Waals surface area contributed by atoms with Crippen LogP contribution in [0.3, 0.4) is 0 Å². The van der Waals surface area contributed by atoms with Crippen molar-refractivity contribution in [3.8, 4) is 0 Å². The summed E-state index contributed by atoms with van der Waals surface area (Å²) >= 11 is 0. The van der Waals surface area contributed by atoms with Crippen LogP contribution in [0.1, 0.15) is 21.5 Å². The Hall–Kier alpha value is -4.92. The SMILES string of the molecule is Cn1c(=O)c(C(=O)COC(=O)Cc2coc3ccc4ccccc4c23)c(N)n(Cc2ccccc2)c1=O. The van der Waals surface area contributed by atoms with Gasteiger partial charge in [-0.15, -0.1) is 0 Å². The minimum absolute atomic E-state index is 0.0706. The molecule has 5 rings (SSSR count). The zero-order valence-electron chi connectivity index (χ0n) is 20.0. The lowest BCUT2D eigenvalue weighted by atomic mass is 10.0. The molecule has 2 aromatic heterocycles. The molecule has 5 aromatic rings. The first-order chi connectivity index (χ1) is 17.8. The predicted molar refractivity (Wildman–Crippen MR) is 139 cm³/mol. The van der Waals surface area contributed by atoms with Crippen molar-refractivity contribution in [2.45, 2.75) is 13.0 Å². The topological polar surface area (TPSA) is 127 Å². The number of furan rings is 1. The van der Waals surface area contributed by atoms with E-state index in [9.17, 15) is 19.2 Å². The number of nitrogens with two attached hydrogens (primary N) is 1. The first kappa shape index (κ1) is 23.8. The maximum atomic E-state index is 12.9. The van der Waals surface area contributed by atoms with E-state index in [0.717, 1.165) is 30.9 Å². The number of anilines is 1. The molecule has 0 saturated heterocycles. The van der Waals surface area contributed by atoms with Crippen LogP contribution in [0.25, 0.3) is 21.7 Å². The fraction of sp³-hybridized carbons (Fsp3) is 0.143. The molecule has 0 atom stereocenters. The van der Waals surface area contributed by atoms with Gasteiger partial charge >= 0.3 is 11.7 Å². The summed E-state index contributed by atoms with van der Waals surface area (Å²) in [7, 11) is 1.27. The first-order valence-corrected chi connectivity index (χ1v) is 11.5. The van der Waals surface area contributed by atoms with E-state index < -0.39 is 35.2 Å². The van der Waals surface area contributed by atoms with Gasteiger partial charge in [-0.25, -0.2) is 4.79 Å². The van der Waals surface area contributed by atoms with E-state index in [-0.39, 0.29) is 18.8 Å². The smallest absolute Gasteiger partial charge is 0.332 e. The number of ether oxygens (including phenoxy) is 1. The molecule has 186 valence electrons. The van der Waals surface area contributed by atoms with E-state index in [1.54, 1.807) is 24.3 Å². The normalized spacial score (nSPS) is 11.2. The fourth-order valence-corrected chi connectivity index (χ4v) is 4.39. The van der Waals surface area contributed by atoms with Gasteiger partial charge in [-0.2, -0.15) is 0 Å². The number of benzene rings is 3. The van der Waals surface area contributed by atoms with Gasteiger partial charge in [0.1, 0.15) is 17.0 Å². The highest BCUT2D eigenvalue weighted by atomic mass is 16.5. The van der Waals surface area contributed by atoms with Crippen molar-refractivity contribution in [3.63, 3.8) is 0 Å². The predicted octanol–water partition coefficient (Wildman–Crippen LogP) is 3.05. The highest BCUT2D eigenvalue weighted by molar-refractivity contribution is 6.08. The number of carbonyl (C=O) groups is 2. The number of hydrogen-bond acceptors (Lipinski definition) is 7. The van der Waals surface area contributed by atoms with Crippen LogP contribution < -0.4 is 17.0 Å². The van der Waals surface area contributed by atoms with Crippen molar-refractivity contribution >= 4 is 39.3 Å². The van der Waals surface area contributed by atoms with Crippen molar-refractivity contribution in [2.75, 3.05) is 12.3 Å². The average molecular weight is 498 g/mol. The molecule has 0 unspecified atom stereocenters. The van der Waals surface area contributed by atoms with E-state index in [2.05, 4.69) is 0 Å². The molecule has 0 aliphatic rings. The maximum Gasteiger partial charge on any atom is 0.332 e. The Labute approximate surface area is 210 Å². The van der Waals surface area contributed by atoms with Gasteiger partial charge in [0.25, 0.3) is 5.56 Å². The Morgan fingerprint density at radius 1 is 0.973 bits per heavy atom. The summed E-state index contributed by atoms with van der Waals surface area (Å²) < 4.78 is 12.8. The summed E-state index contributed by atoms with van der Waals surface area (Å²) in [5, 5.41) is 2.73. The molecule has 0 bridgehead atoms. The Balaban J connectivity index is 1.37. The number of esters is 1. The molecule has 9 heteroatoms. The van der Waals surface area contributed by atoms with E-state index in [1.165, 1.54) is 13.3 Å². The number of carbonyl (C=O) groups excluding carboxylic acids is 2. The monoisotopic (exact) mass is 497 g/mol. The molecule has 0 aliphatic carbocycles. The molecule has 2 N–H and O–H groups in total. The lowest BCUT2D eigenvalue weighted by molar-refractivity contribution is -0.141. The zero-order chi connectivity index (χ0) is 26.1. The standard InChI is InChI=1S/C28H23N3O6/c1-30-27(34)25(26(29)31(28(30)35)14-17-7-3-2-4-8-17)21(32)16-37-23(33)13-19-15-36-22-12-11-18-9-5-6-10-20(18)24(19)22/h2-12,15H,13-14,16,29H2,1H3. The van der Waals surface area contributed by atoms with Gasteiger partial charge in [0, 0.05) is 18.0 Å². The maximum absolute atomic E-state index is 12.9. The highest BCUT2D eigenvalue weighted by Gasteiger charge is 2.23. The molecule has 0 saturated carbocycles. The van der Waals surface area contributed by atoms with Crippen molar-refractivity contribution in [1.29, 1.82) is 0 Å². The third-order valence-electron chi connectivity index (χ3n) is 6.28. The molecule has 0 amide bonds. The van der Waals surface area contributed by atoms with Gasteiger partial charge < -0.3 is 14.9 Å². The van der Waals surface area contributed by atoms with Crippen molar-refractivity contribution < 1.29 is 18.7 Å². The Kier molecular flexibility index (Phi) is 6.19. The third kappa shape index (κ3) is 4.42. The number of nitrogen functional groups attached to an aromatic ring is 1. The molecule has 0 fully saturated rings. The van der Waals surface area contributed by atoms with E-state index in [1.807, 2.05) is 42.5 Å². The Morgan fingerprint density at radius 3 is 2.49 bits per heavy atom. The molecule has 3 aromatic carbocycles. The Morgan fingerprint density at radius 2 is 1.70 bits per heavy atom. The lowest BCUT2D eigenvalue weighted by Crippen LogP contribution is -2.43. The van der Waals surface area contributed by atoms with Crippen molar-refractivity contribution in [3.05, 3.63) is 111 Å². The lowest BCUT2D eigenvalue weighted by Gasteiger charge is -2.14. The summed E-state index contributed by atoms with van der Waals surface area (Å²) in [5.41, 5.74) is 6.23. The van der Waals surface area contributed by atoms with Crippen LogP contribution in [-0.4, -0.2) is 27.5 Å². The van der Waals surface area contributed by atoms with E-state index in [4.69, 9.17) is 14.9 Å². The molecule has 0 radical (unpaired) electrons. The van der Waals surface area contributed by atoms with Crippen LogP contribution in [-0.2, 0) is 29.5 Å². The number of ketones is 1. The van der Waals surface area contributed by atoms with E-state index >= 15 is 0 Å². The van der Waals surface area contributed by atoms with Crippen LogP contribution in [0.4, 0.5) is 5.82 Å². The minimum Gasteiger partial charge on any atom is -0.464 e. The van der Waals surface area contributed by atoms with Gasteiger partial charge in [-0.05, 0) is 22.4 Å². The van der Waals surface area contributed by atoms with Crippen LogP contribution >= 0.6 is 0 Å². The molecule has 2 heterocycles. The van der Waals surface area contributed by atoms with Gasteiger partial charge in [-0.3, -0.25) is 23.5 Å². The van der Waals surface area contributed by atoms with Crippen LogP contribution in [0.15, 0.2) is 87.0 Å². The first-order valence-electron chi connectivity index (χ1n) is 11.5. The quantitative estimate of drug-likeness (QED) is 0.270.